The first kappa shape index (κ1) is 13.9. The van der Waals surface area contributed by atoms with Crippen LogP contribution in [0.15, 0.2) is 18.2 Å². The van der Waals surface area contributed by atoms with Gasteiger partial charge in [-0.25, -0.2) is 4.39 Å². The summed E-state index contributed by atoms with van der Waals surface area (Å²) in [5.74, 6) is -0.245. The maximum Gasteiger partial charge on any atom is 0.146 e. The number of hydrogen-bond donors (Lipinski definition) is 1. The molecular formula is C13H21FN2O. The van der Waals surface area contributed by atoms with Crippen LogP contribution >= 0.6 is 0 Å². The molecule has 0 aliphatic carbocycles. The van der Waals surface area contributed by atoms with Crippen molar-refractivity contribution in [2.24, 2.45) is 5.73 Å². The van der Waals surface area contributed by atoms with Crippen LogP contribution in [-0.4, -0.2) is 26.8 Å². The SMILES string of the molecule is COCC(C)N(C)c1c(F)cccc1C(C)N. The lowest BCUT2D eigenvalue weighted by molar-refractivity contribution is 0.183. The van der Waals surface area contributed by atoms with Crippen LogP contribution in [0.3, 0.4) is 0 Å². The standard InChI is InChI=1S/C13H21FN2O/c1-9(8-17-4)16(3)13-11(10(2)15)6-5-7-12(13)14/h5-7,9-10H,8,15H2,1-4H3. The highest BCUT2D eigenvalue weighted by atomic mass is 19.1. The van der Waals surface area contributed by atoms with Gasteiger partial charge in [-0.3, -0.25) is 0 Å². The van der Waals surface area contributed by atoms with E-state index in [1.165, 1.54) is 6.07 Å². The molecule has 17 heavy (non-hydrogen) atoms. The third-order valence-electron chi connectivity index (χ3n) is 2.93. The Balaban J connectivity index is 3.10. The van der Waals surface area contributed by atoms with Crippen molar-refractivity contribution in [2.45, 2.75) is 25.9 Å². The third-order valence-corrected chi connectivity index (χ3v) is 2.93. The van der Waals surface area contributed by atoms with Gasteiger partial charge in [-0.1, -0.05) is 12.1 Å². The monoisotopic (exact) mass is 240 g/mol. The van der Waals surface area contributed by atoms with Crippen LogP contribution in [0, 0.1) is 5.82 Å². The molecule has 0 aromatic heterocycles. The smallest absolute Gasteiger partial charge is 0.146 e. The Bertz CT molecular complexity index is 368. The minimum atomic E-state index is -0.245. The largest absolute Gasteiger partial charge is 0.383 e. The fourth-order valence-corrected chi connectivity index (χ4v) is 1.84. The van der Waals surface area contributed by atoms with Crippen molar-refractivity contribution in [3.63, 3.8) is 0 Å². The van der Waals surface area contributed by atoms with Gasteiger partial charge in [0.15, 0.2) is 0 Å². The van der Waals surface area contributed by atoms with Crippen molar-refractivity contribution in [3.05, 3.63) is 29.6 Å². The molecule has 0 aliphatic heterocycles. The van der Waals surface area contributed by atoms with Crippen molar-refractivity contribution in [2.75, 3.05) is 25.7 Å². The molecule has 0 spiro atoms. The lowest BCUT2D eigenvalue weighted by Crippen LogP contribution is -2.34. The van der Waals surface area contributed by atoms with Gasteiger partial charge >= 0.3 is 0 Å². The summed E-state index contributed by atoms with van der Waals surface area (Å²) >= 11 is 0. The summed E-state index contributed by atoms with van der Waals surface area (Å²) in [6.45, 7) is 4.39. The van der Waals surface area contributed by atoms with Gasteiger partial charge in [0.25, 0.3) is 0 Å². The van der Waals surface area contributed by atoms with Crippen LogP contribution in [-0.2, 0) is 4.74 Å². The highest BCUT2D eigenvalue weighted by molar-refractivity contribution is 5.56. The summed E-state index contributed by atoms with van der Waals surface area (Å²) in [6.07, 6.45) is 0. The Kier molecular flexibility index (Phi) is 4.90. The number of likely N-dealkylation sites (N-methyl/N-ethyl adjacent to an activating group) is 1. The molecular weight excluding hydrogens is 219 g/mol. The van der Waals surface area contributed by atoms with Crippen LogP contribution in [0.2, 0.25) is 0 Å². The number of rotatable bonds is 5. The lowest BCUT2D eigenvalue weighted by atomic mass is 10.0. The molecule has 0 radical (unpaired) electrons. The Morgan fingerprint density at radius 2 is 2.06 bits per heavy atom. The summed E-state index contributed by atoms with van der Waals surface area (Å²) in [5, 5.41) is 0. The quantitative estimate of drug-likeness (QED) is 0.858. The van der Waals surface area contributed by atoms with Gasteiger partial charge in [-0.15, -0.1) is 0 Å². The normalized spacial score (nSPS) is 14.5. The average molecular weight is 240 g/mol. The molecule has 1 rings (SSSR count). The number of benzene rings is 1. The van der Waals surface area contributed by atoms with Crippen LogP contribution in [0.1, 0.15) is 25.5 Å². The third kappa shape index (κ3) is 3.17. The summed E-state index contributed by atoms with van der Waals surface area (Å²) in [4.78, 5) is 1.87. The maximum absolute atomic E-state index is 13.9. The number of ether oxygens (including phenoxy) is 1. The molecule has 4 heteroatoms. The average Bonchev–Trinajstić information content (AvgIpc) is 2.28. The van der Waals surface area contributed by atoms with Crippen molar-refractivity contribution >= 4 is 5.69 Å². The summed E-state index contributed by atoms with van der Waals surface area (Å²) < 4.78 is 19.0. The molecule has 96 valence electrons. The van der Waals surface area contributed by atoms with Crippen molar-refractivity contribution in [1.29, 1.82) is 0 Å². The maximum atomic E-state index is 13.9. The fraction of sp³-hybridized carbons (Fsp3) is 0.538. The van der Waals surface area contributed by atoms with E-state index in [0.29, 0.717) is 12.3 Å². The van der Waals surface area contributed by atoms with Crippen LogP contribution in [0.4, 0.5) is 10.1 Å². The highest BCUT2D eigenvalue weighted by Crippen LogP contribution is 2.28. The van der Waals surface area contributed by atoms with E-state index in [9.17, 15) is 4.39 Å². The number of methoxy groups -OCH3 is 1. The summed E-state index contributed by atoms with van der Waals surface area (Å²) in [6, 6.07) is 4.90. The number of nitrogens with zero attached hydrogens (tertiary/aromatic N) is 1. The second kappa shape index (κ2) is 5.98. The predicted octanol–water partition coefficient (Wildman–Crippen LogP) is 2.32. The molecule has 1 aromatic carbocycles. The molecule has 0 aliphatic rings. The van der Waals surface area contributed by atoms with Crippen LogP contribution < -0.4 is 10.6 Å². The Labute approximate surface area is 102 Å². The zero-order chi connectivity index (χ0) is 13.0. The van der Waals surface area contributed by atoms with E-state index in [0.717, 1.165) is 5.56 Å². The number of halogens is 1. The Hall–Kier alpha value is -1.13. The molecule has 2 unspecified atom stereocenters. The second-order valence-corrected chi connectivity index (χ2v) is 4.38. The first-order valence-corrected chi connectivity index (χ1v) is 5.74. The van der Waals surface area contributed by atoms with E-state index in [2.05, 4.69) is 0 Å². The van der Waals surface area contributed by atoms with Crippen molar-refractivity contribution in [3.8, 4) is 0 Å². The van der Waals surface area contributed by atoms with E-state index in [4.69, 9.17) is 10.5 Å². The Morgan fingerprint density at radius 1 is 1.41 bits per heavy atom. The lowest BCUT2D eigenvalue weighted by Gasteiger charge is -2.29. The molecule has 0 saturated carbocycles. The van der Waals surface area contributed by atoms with E-state index >= 15 is 0 Å². The number of nitrogens with two attached hydrogens (primary N) is 1. The van der Waals surface area contributed by atoms with Gasteiger partial charge in [-0.05, 0) is 25.5 Å². The molecule has 0 heterocycles. The van der Waals surface area contributed by atoms with Crippen molar-refractivity contribution in [1.82, 2.24) is 0 Å². The summed E-state index contributed by atoms with van der Waals surface area (Å²) in [7, 11) is 3.49. The van der Waals surface area contributed by atoms with Crippen molar-refractivity contribution < 1.29 is 9.13 Å². The molecule has 2 atom stereocenters. The fourth-order valence-electron chi connectivity index (χ4n) is 1.84. The zero-order valence-corrected chi connectivity index (χ0v) is 10.9. The number of para-hydroxylation sites is 1. The predicted molar refractivity (Wildman–Crippen MR) is 68.7 cm³/mol. The topological polar surface area (TPSA) is 38.5 Å². The highest BCUT2D eigenvalue weighted by Gasteiger charge is 2.19. The molecule has 1 aromatic rings. The Morgan fingerprint density at radius 3 is 2.59 bits per heavy atom. The van der Waals surface area contributed by atoms with Gasteiger partial charge in [0, 0.05) is 26.2 Å². The number of hydrogen-bond acceptors (Lipinski definition) is 3. The van der Waals surface area contributed by atoms with Crippen LogP contribution in [0.5, 0.6) is 0 Å². The van der Waals surface area contributed by atoms with E-state index < -0.39 is 0 Å². The van der Waals surface area contributed by atoms with E-state index in [1.54, 1.807) is 13.2 Å². The zero-order valence-electron chi connectivity index (χ0n) is 10.9. The minimum Gasteiger partial charge on any atom is -0.383 e. The molecule has 0 fully saturated rings. The van der Waals surface area contributed by atoms with Gasteiger partial charge in [0.2, 0.25) is 0 Å². The van der Waals surface area contributed by atoms with Crippen LogP contribution in [0.25, 0.3) is 0 Å². The molecule has 0 bridgehead atoms. The van der Waals surface area contributed by atoms with Gasteiger partial charge in [-0.2, -0.15) is 0 Å². The minimum absolute atomic E-state index is 0.0920. The number of anilines is 1. The summed E-state index contributed by atoms with van der Waals surface area (Å²) in [5.41, 5.74) is 7.25. The molecule has 0 saturated heterocycles. The van der Waals surface area contributed by atoms with Gasteiger partial charge < -0.3 is 15.4 Å². The van der Waals surface area contributed by atoms with E-state index in [1.807, 2.05) is 31.9 Å². The molecule has 3 nitrogen and oxygen atoms in total. The van der Waals surface area contributed by atoms with Gasteiger partial charge in [0.1, 0.15) is 5.82 Å². The van der Waals surface area contributed by atoms with E-state index in [-0.39, 0.29) is 17.9 Å². The first-order chi connectivity index (χ1) is 7.99. The van der Waals surface area contributed by atoms with Gasteiger partial charge in [0.05, 0.1) is 12.3 Å². The molecule has 2 N–H and O–H groups in total. The second-order valence-electron chi connectivity index (χ2n) is 4.38. The first-order valence-electron chi connectivity index (χ1n) is 5.74. The molecule has 0 amide bonds.